The molecule has 1 aliphatic rings. The standard InChI is InChI=1S/C7H10N2O/c10-5-7-3-4-8-9(7)6-1-2-6/h3-4,6,10H,1-2,5H2. The molecule has 1 N–H and O–H groups in total. The van der Waals surface area contributed by atoms with Gasteiger partial charge in [0.1, 0.15) is 0 Å². The fourth-order valence-corrected chi connectivity index (χ4v) is 1.11. The maximum absolute atomic E-state index is 8.82. The van der Waals surface area contributed by atoms with Crippen LogP contribution in [0.2, 0.25) is 0 Å². The molecule has 1 aromatic rings. The van der Waals surface area contributed by atoms with Gasteiger partial charge in [-0.05, 0) is 18.9 Å². The molecule has 0 spiro atoms. The van der Waals surface area contributed by atoms with Gasteiger partial charge in [0.25, 0.3) is 0 Å². The Labute approximate surface area is 59.3 Å². The van der Waals surface area contributed by atoms with Gasteiger partial charge in [0.15, 0.2) is 0 Å². The van der Waals surface area contributed by atoms with E-state index in [4.69, 9.17) is 5.11 Å². The third-order valence-electron chi connectivity index (χ3n) is 1.81. The third kappa shape index (κ3) is 0.827. The van der Waals surface area contributed by atoms with Gasteiger partial charge in [-0.25, -0.2) is 0 Å². The summed E-state index contributed by atoms with van der Waals surface area (Å²) in [6.45, 7) is 0.108. The van der Waals surface area contributed by atoms with Crippen molar-refractivity contribution in [2.24, 2.45) is 0 Å². The number of aliphatic hydroxyl groups excluding tert-OH is 1. The van der Waals surface area contributed by atoms with E-state index in [0.29, 0.717) is 6.04 Å². The van der Waals surface area contributed by atoms with Gasteiger partial charge in [-0.1, -0.05) is 0 Å². The first-order valence-corrected chi connectivity index (χ1v) is 3.55. The molecule has 1 heterocycles. The molecule has 0 amide bonds. The number of rotatable bonds is 2. The molecule has 1 aromatic heterocycles. The lowest BCUT2D eigenvalue weighted by Gasteiger charge is -2.00. The Morgan fingerprint density at radius 2 is 2.50 bits per heavy atom. The lowest BCUT2D eigenvalue weighted by molar-refractivity contribution is 0.268. The second-order valence-electron chi connectivity index (χ2n) is 2.66. The highest BCUT2D eigenvalue weighted by atomic mass is 16.3. The highest BCUT2D eigenvalue weighted by molar-refractivity contribution is 5.02. The molecule has 3 heteroatoms. The molecule has 3 nitrogen and oxygen atoms in total. The minimum Gasteiger partial charge on any atom is -0.390 e. The molecule has 0 radical (unpaired) electrons. The van der Waals surface area contributed by atoms with Gasteiger partial charge in [0.2, 0.25) is 0 Å². The summed E-state index contributed by atoms with van der Waals surface area (Å²) >= 11 is 0. The number of hydrogen-bond donors (Lipinski definition) is 1. The van der Waals surface area contributed by atoms with Crippen LogP contribution in [0, 0.1) is 0 Å². The molecule has 0 saturated heterocycles. The van der Waals surface area contributed by atoms with Crippen molar-refractivity contribution >= 4 is 0 Å². The van der Waals surface area contributed by atoms with Gasteiger partial charge < -0.3 is 5.11 Å². The minimum absolute atomic E-state index is 0.108. The Morgan fingerprint density at radius 1 is 1.70 bits per heavy atom. The molecule has 0 aliphatic heterocycles. The highest BCUT2D eigenvalue weighted by Crippen LogP contribution is 2.34. The summed E-state index contributed by atoms with van der Waals surface area (Å²) in [4.78, 5) is 0. The third-order valence-corrected chi connectivity index (χ3v) is 1.81. The molecule has 0 atom stereocenters. The maximum atomic E-state index is 8.82. The predicted molar refractivity (Wildman–Crippen MR) is 36.4 cm³/mol. The number of aromatic nitrogens is 2. The molecule has 1 aliphatic carbocycles. The largest absolute Gasteiger partial charge is 0.390 e. The summed E-state index contributed by atoms with van der Waals surface area (Å²) in [6, 6.07) is 2.44. The molecule has 0 aromatic carbocycles. The summed E-state index contributed by atoms with van der Waals surface area (Å²) in [5.74, 6) is 0. The maximum Gasteiger partial charge on any atom is 0.0850 e. The van der Waals surface area contributed by atoms with Crippen LogP contribution in [-0.2, 0) is 6.61 Å². The summed E-state index contributed by atoms with van der Waals surface area (Å²) < 4.78 is 1.92. The summed E-state index contributed by atoms with van der Waals surface area (Å²) in [5.41, 5.74) is 0.933. The first-order valence-electron chi connectivity index (χ1n) is 3.55. The second-order valence-corrected chi connectivity index (χ2v) is 2.66. The van der Waals surface area contributed by atoms with Crippen molar-refractivity contribution < 1.29 is 5.11 Å². The van der Waals surface area contributed by atoms with Crippen LogP contribution in [0.25, 0.3) is 0 Å². The molecule has 2 rings (SSSR count). The van der Waals surface area contributed by atoms with Crippen molar-refractivity contribution in [1.29, 1.82) is 0 Å². The normalized spacial score (nSPS) is 17.7. The van der Waals surface area contributed by atoms with Gasteiger partial charge in [-0.15, -0.1) is 0 Å². The first-order chi connectivity index (χ1) is 4.92. The van der Waals surface area contributed by atoms with Gasteiger partial charge in [-0.2, -0.15) is 5.10 Å². The Morgan fingerprint density at radius 3 is 3.10 bits per heavy atom. The van der Waals surface area contributed by atoms with Crippen LogP contribution < -0.4 is 0 Å². The minimum atomic E-state index is 0.108. The van der Waals surface area contributed by atoms with E-state index < -0.39 is 0 Å². The van der Waals surface area contributed by atoms with Crippen molar-refractivity contribution in [3.05, 3.63) is 18.0 Å². The average molecular weight is 138 g/mol. The van der Waals surface area contributed by atoms with Crippen LogP contribution in [0.3, 0.4) is 0 Å². The Kier molecular flexibility index (Phi) is 1.24. The Bertz CT molecular complexity index is 227. The van der Waals surface area contributed by atoms with E-state index in [1.54, 1.807) is 6.20 Å². The molecule has 0 unspecified atom stereocenters. The van der Waals surface area contributed by atoms with E-state index in [9.17, 15) is 0 Å². The molecular weight excluding hydrogens is 128 g/mol. The summed E-state index contributed by atoms with van der Waals surface area (Å²) in [6.07, 6.45) is 4.17. The fourth-order valence-electron chi connectivity index (χ4n) is 1.11. The zero-order valence-electron chi connectivity index (χ0n) is 5.70. The topological polar surface area (TPSA) is 38.1 Å². The van der Waals surface area contributed by atoms with Crippen LogP contribution >= 0.6 is 0 Å². The Balaban J connectivity index is 2.28. The van der Waals surface area contributed by atoms with Crippen LogP contribution in [0.1, 0.15) is 24.6 Å². The molecule has 1 fully saturated rings. The SMILES string of the molecule is OCc1ccnn1C1CC1. The van der Waals surface area contributed by atoms with Crippen LogP contribution in [-0.4, -0.2) is 14.9 Å². The molecule has 54 valence electrons. The van der Waals surface area contributed by atoms with E-state index >= 15 is 0 Å². The van der Waals surface area contributed by atoms with Crippen LogP contribution in [0.4, 0.5) is 0 Å². The van der Waals surface area contributed by atoms with Crippen molar-refractivity contribution in [1.82, 2.24) is 9.78 Å². The zero-order valence-corrected chi connectivity index (χ0v) is 5.70. The van der Waals surface area contributed by atoms with Gasteiger partial charge in [0, 0.05) is 6.20 Å². The van der Waals surface area contributed by atoms with Gasteiger partial charge in [-0.3, -0.25) is 4.68 Å². The van der Waals surface area contributed by atoms with E-state index in [-0.39, 0.29) is 6.61 Å². The van der Waals surface area contributed by atoms with E-state index in [1.165, 1.54) is 12.8 Å². The summed E-state index contributed by atoms with van der Waals surface area (Å²) in [7, 11) is 0. The molecule has 0 bridgehead atoms. The summed E-state index contributed by atoms with van der Waals surface area (Å²) in [5, 5.41) is 12.9. The zero-order chi connectivity index (χ0) is 6.97. The first kappa shape index (κ1) is 5.92. The quantitative estimate of drug-likeness (QED) is 0.653. The van der Waals surface area contributed by atoms with E-state index in [2.05, 4.69) is 5.10 Å². The van der Waals surface area contributed by atoms with Crippen molar-refractivity contribution in [2.45, 2.75) is 25.5 Å². The molecule has 1 saturated carbocycles. The van der Waals surface area contributed by atoms with Crippen LogP contribution in [0.15, 0.2) is 12.3 Å². The number of nitrogens with zero attached hydrogens (tertiary/aromatic N) is 2. The highest BCUT2D eigenvalue weighted by Gasteiger charge is 2.25. The average Bonchev–Trinajstić information content (AvgIpc) is 2.69. The second kappa shape index (κ2) is 2.09. The van der Waals surface area contributed by atoms with Gasteiger partial charge in [0.05, 0.1) is 18.3 Å². The lowest BCUT2D eigenvalue weighted by Crippen LogP contribution is -2.01. The predicted octanol–water partition coefficient (Wildman–Crippen LogP) is 0.710. The van der Waals surface area contributed by atoms with Crippen molar-refractivity contribution in [2.75, 3.05) is 0 Å². The lowest BCUT2D eigenvalue weighted by atomic mass is 10.4. The molecule has 10 heavy (non-hydrogen) atoms. The number of aliphatic hydroxyl groups is 1. The molecular formula is C7H10N2O. The van der Waals surface area contributed by atoms with Crippen LogP contribution in [0.5, 0.6) is 0 Å². The fraction of sp³-hybridized carbons (Fsp3) is 0.571. The monoisotopic (exact) mass is 138 g/mol. The van der Waals surface area contributed by atoms with Gasteiger partial charge >= 0.3 is 0 Å². The van der Waals surface area contributed by atoms with Crippen molar-refractivity contribution in [3.8, 4) is 0 Å². The van der Waals surface area contributed by atoms with Crippen molar-refractivity contribution in [3.63, 3.8) is 0 Å². The number of hydrogen-bond acceptors (Lipinski definition) is 2. The van der Waals surface area contributed by atoms with E-state index in [0.717, 1.165) is 5.69 Å². The smallest absolute Gasteiger partial charge is 0.0850 e. The Hall–Kier alpha value is -0.830. The van der Waals surface area contributed by atoms with E-state index in [1.807, 2.05) is 10.7 Å².